The van der Waals surface area contributed by atoms with Crippen molar-refractivity contribution in [3.63, 3.8) is 0 Å². The number of rotatable bonds is 7. The summed E-state index contributed by atoms with van der Waals surface area (Å²) >= 11 is 0. The summed E-state index contributed by atoms with van der Waals surface area (Å²) in [5, 5.41) is 20.3. The molecule has 2 amide bonds. The van der Waals surface area contributed by atoms with Crippen LogP contribution in [-0.4, -0.2) is 52.1 Å². The molecule has 2 fully saturated rings. The van der Waals surface area contributed by atoms with E-state index in [4.69, 9.17) is 0 Å². The van der Waals surface area contributed by atoms with E-state index in [9.17, 15) is 27.9 Å². The fourth-order valence-corrected chi connectivity index (χ4v) is 5.98. The fourth-order valence-electron chi connectivity index (χ4n) is 5.98. The number of benzene rings is 1. The minimum atomic E-state index is -4.57. The number of pyridine rings is 2. The summed E-state index contributed by atoms with van der Waals surface area (Å²) in [6.07, 6.45) is 3.64. The van der Waals surface area contributed by atoms with Gasteiger partial charge in [0.2, 0.25) is 5.91 Å². The minimum Gasteiger partial charge on any atom is -0.384 e. The molecule has 2 aromatic heterocycles. The zero-order valence-corrected chi connectivity index (χ0v) is 22.4. The molecule has 11 heteroatoms. The summed E-state index contributed by atoms with van der Waals surface area (Å²) in [4.78, 5) is 34.0. The lowest BCUT2D eigenvalue weighted by Crippen LogP contribution is -2.58. The number of hydrogen-bond donors (Lipinski definition) is 4. The molecule has 0 spiro atoms. The molecule has 3 aromatic rings. The number of carbonyl (C=O) groups excluding carboxylic acids is 2. The lowest BCUT2D eigenvalue weighted by Gasteiger charge is -2.44. The number of nitrogens with zero attached hydrogens (tertiary/aromatic N) is 2. The Bertz CT molecular complexity index is 1370. The normalized spacial score (nSPS) is 24.5. The van der Waals surface area contributed by atoms with Gasteiger partial charge >= 0.3 is 6.18 Å². The van der Waals surface area contributed by atoms with Crippen LogP contribution in [-0.2, 0) is 16.6 Å². The second-order valence-electron chi connectivity index (χ2n) is 10.9. The van der Waals surface area contributed by atoms with Gasteiger partial charge in [-0.05, 0) is 86.5 Å². The zero-order valence-electron chi connectivity index (χ0n) is 22.4. The SMILES string of the molecule is O=C(CNC(=O)c1cccc(C(F)(F)F)c1)N[C@@]1(C2CCC(O)(c3ccc(-c4ccncc4)cn3)CC2)CCNC1. The first-order chi connectivity index (χ1) is 19.6. The van der Waals surface area contributed by atoms with Crippen LogP contribution in [0.3, 0.4) is 0 Å². The van der Waals surface area contributed by atoms with Crippen molar-refractivity contribution in [2.75, 3.05) is 19.6 Å². The van der Waals surface area contributed by atoms with Crippen LogP contribution >= 0.6 is 0 Å². The molecule has 1 atom stereocenters. The minimum absolute atomic E-state index is 0.0944. The third kappa shape index (κ3) is 6.41. The Morgan fingerprint density at radius 3 is 2.41 bits per heavy atom. The molecular formula is C30H32F3N5O3. The van der Waals surface area contributed by atoms with Crippen molar-refractivity contribution in [2.45, 2.75) is 49.4 Å². The summed E-state index contributed by atoms with van der Waals surface area (Å²) in [6.45, 7) is 0.916. The molecule has 1 aliphatic heterocycles. The zero-order chi connectivity index (χ0) is 29.1. The van der Waals surface area contributed by atoms with Crippen molar-refractivity contribution >= 4 is 11.8 Å². The lowest BCUT2D eigenvalue weighted by molar-refractivity contribution is -0.137. The molecule has 2 aliphatic rings. The van der Waals surface area contributed by atoms with Gasteiger partial charge in [0.25, 0.3) is 5.91 Å². The predicted molar refractivity (Wildman–Crippen MR) is 145 cm³/mol. The van der Waals surface area contributed by atoms with Gasteiger partial charge in [-0.2, -0.15) is 13.2 Å². The number of hydrogen-bond acceptors (Lipinski definition) is 6. The van der Waals surface area contributed by atoms with Crippen LogP contribution in [0.25, 0.3) is 11.1 Å². The maximum atomic E-state index is 13.0. The maximum absolute atomic E-state index is 13.0. The molecule has 41 heavy (non-hydrogen) atoms. The van der Waals surface area contributed by atoms with Crippen molar-refractivity contribution < 1.29 is 27.9 Å². The van der Waals surface area contributed by atoms with E-state index < -0.39 is 34.7 Å². The molecule has 1 aliphatic carbocycles. The van der Waals surface area contributed by atoms with Gasteiger partial charge in [-0.25, -0.2) is 0 Å². The molecule has 5 rings (SSSR count). The predicted octanol–water partition coefficient (Wildman–Crippen LogP) is 3.82. The van der Waals surface area contributed by atoms with E-state index in [0.717, 1.165) is 35.9 Å². The first kappa shape index (κ1) is 28.7. The van der Waals surface area contributed by atoms with E-state index in [1.54, 1.807) is 18.6 Å². The van der Waals surface area contributed by atoms with Crippen LogP contribution in [0.4, 0.5) is 13.2 Å². The molecule has 1 aromatic carbocycles. The third-order valence-corrected chi connectivity index (χ3v) is 8.29. The number of aliphatic hydroxyl groups is 1. The van der Waals surface area contributed by atoms with E-state index >= 15 is 0 Å². The Kier molecular flexibility index (Phi) is 8.10. The molecule has 0 bridgehead atoms. The van der Waals surface area contributed by atoms with Crippen molar-refractivity contribution in [3.8, 4) is 11.1 Å². The summed E-state index contributed by atoms with van der Waals surface area (Å²) in [5.74, 6) is -1.07. The molecule has 8 nitrogen and oxygen atoms in total. The monoisotopic (exact) mass is 567 g/mol. The standard InChI is InChI=1S/C30H32F3N5O3/c31-30(32,33)24-3-1-2-21(16-24)27(40)37-18-26(39)38-28(12-15-35-19-28)23-6-10-29(41,11-7-23)25-5-4-22(17-36-25)20-8-13-34-14-9-20/h1-5,8-9,13-14,16-17,23,35,41H,6-7,10-12,15,18-19H2,(H,37,40)(H,38,39)/t23?,28-,29?/m0/s1. The second kappa shape index (κ2) is 11.6. The summed E-state index contributed by atoms with van der Waals surface area (Å²) in [6, 6.07) is 11.7. The molecule has 4 N–H and O–H groups in total. The Labute approximate surface area is 235 Å². The maximum Gasteiger partial charge on any atom is 0.416 e. The summed E-state index contributed by atoms with van der Waals surface area (Å²) < 4.78 is 39.0. The summed E-state index contributed by atoms with van der Waals surface area (Å²) in [5.41, 5.74) is -0.156. The molecule has 216 valence electrons. The van der Waals surface area contributed by atoms with Gasteiger partial charge in [0.1, 0.15) is 5.60 Å². The third-order valence-electron chi connectivity index (χ3n) is 8.29. The van der Waals surface area contributed by atoms with Gasteiger partial charge in [0.15, 0.2) is 0 Å². The Morgan fingerprint density at radius 2 is 1.78 bits per heavy atom. The van der Waals surface area contributed by atoms with Gasteiger partial charge in [-0.15, -0.1) is 0 Å². The van der Waals surface area contributed by atoms with Crippen molar-refractivity contribution in [1.29, 1.82) is 0 Å². The molecular weight excluding hydrogens is 535 g/mol. The molecule has 1 saturated carbocycles. The number of alkyl halides is 3. The molecule has 0 radical (unpaired) electrons. The first-order valence-electron chi connectivity index (χ1n) is 13.6. The van der Waals surface area contributed by atoms with Crippen LogP contribution in [0.15, 0.2) is 67.1 Å². The van der Waals surface area contributed by atoms with Crippen molar-refractivity contribution in [3.05, 3.63) is 83.9 Å². The van der Waals surface area contributed by atoms with Gasteiger partial charge in [0, 0.05) is 36.3 Å². The first-order valence-corrected chi connectivity index (χ1v) is 13.6. The van der Waals surface area contributed by atoms with Crippen LogP contribution < -0.4 is 16.0 Å². The molecule has 3 heterocycles. The topological polar surface area (TPSA) is 116 Å². The number of carbonyl (C=O) groups is 2. The highest BCUT2D eigenvalue weighted by Gasteiger charge is 2.47. The quantitative estimate of drug-likeness (QED) is 0.345. The van der Waals surface area contributed by atoms with E-state index in [2.05, 4.69) is 25.9 Å². The average molecular weight is 568 g/mol. The number of aromatic nitrogens is 2. The van der Waals surface area contributed by atoms with Crippen LogP contribution in [0.1, 0.15) is 53.7 Å². The van der Waals surface area contributed by atoms with Crippen LogP contribution in [0.5, 0.6) is 0 Å². The van der Waals surface area contributed by atoms with Gasteiger partial charge < -0.3 is 21.1 Å². The lowest BCUT2D eigenvalue weighted by atomic mass is 9.68. The Hall–Kier alpha value is -3.83. The van der Waals surface area contributed by atoms with Gasteiger partial charge in [0.05, 0.1) is 23.3 Å². The van der Waals surface area contributed by atoms with Crippen LogP contribution in [0, 0.1) is 5.92 Å². The fraction of sp³-hybridized carbons (Fsp3) is 0.400. The van der Waals surface area contributed by atoms with Gasteiger partial charge in [-0.3, -0.25) is 19.6 Å². The average Bonchev–Trinajstić information content (AvgIpc) is 3.46. The number of halogens is 3. The highest BCUT2D eigenvalue weighted by atomic mass is 19.4. The largest absolute Gasteiger partial charge is 0.416 e. The highest BCUT2D eigenvalue weighted by molar-refractivity contribution is 5.96. The number of amides is 2. The van der Waals surface area contributed by atoms with E-state index in [1.165, 1.54) is 6.07 Å². The molecule has 0 unspecified atom stereocenters. The molecule has 1 saturated heterocycles. The smallest absolute Gasteiger partial charge is 0.384 e. The van der Waals surface area contributed by atoms with Gasteiger partial charge in [-0.1, -0.05) is 12.1 Å². The van der Waals surface area contributed by atoms with E-state index in [-0.39, 0.29) is 18.0 Å². The van der Waals surface area contributed by atoms with E-state index in [1.807, 2.05) is 24.3 Å². The number of nitrogens with one attached hydrogen (secondary N) is 3. The second-order valence-corrected chi connectivity index (χ2v) is 10.9. The van der Waals surface area contributed by atoms with Crippen LogP contribution in [0.2, 0.25) is 0 Å². The summed E-state index contributed by atoms with van der Waals surface area (Å²) in [7, 11) is 0. The Morgan fingerprint density at radius 1 is 1.02 bits per heavy atom. The van der Waals surface area contributed by atoms with Crippen molar-refractivity contribution in [2.24, 2.45) is 5.92 Å². The van der Waals surface area contributed by atoms with E-state index in [0.29, 0.717) is 44.3 Å². The Balaban J connectivity index is 1.19. The van der Waals surface area contributed by atoms with Crippen molar-refractivity contribution in [1.82, 2.24) is 25.9 Å². The highest BCUT2D eigenvalue weighted by Crippen LogP contribution is 2.44.